The van der Waals surface area contributed by atoms with Crippen molar-refractivity contribution in [1.82, 2.24) is 0 Å². The Morgan fingerprint density at radius 3 is 2.80 bits per heavy atom. The summed E-state index contributed by atoms with van der Waals surface area (Å²) in [5.41, 5.74) is 0.225. The fourth-order valence-corrected chi connectivity index (χ4v) is 1.42. The summed E-state index contributed by atoms with van der Waals surface area (Å²) in [6, 6.07) is 4.42. The van der Waals surface area contributed by atoms with Crippen LogP contribution in [0.4, 0.5) is 4.39 Å². The number of benzene rings is 1. The van der Waals surface area contributed by atoms with Crippen molar-refractivity contribution in [3.8, 4) is 0 Å². The summed E-state index contributed by atoms with van der Waals surface area (Å²) in [7, 11) is 0. The van der Waals surface area contributed by atoms with Crippen LogP contribution in [0, 0.1) is 15.9 Å². The van der Waals surface area contributed by atoms with Crippen LogP contribution in [0.25, 0.3) is 6.08 Å². The molecule has 0 N–H and O–H groups in total. The van der Waals surface area contributed by atoms with Gasteiger partial charge in [0.2, 0.25) is 5.70 Å². The third-order valence-electron chi connectivity index (χ3n) is 1.88. The Bertz CT molecular complexity index is 418. The molecular weight excluding hydrogens is 265 g/mol. The van der Waals surface area contributed by atoms with Gasteiger partial charge in [-0.05, 0) is 12.1 Å². The van der Waals surface area contributed by atoms with Crippen molar-refractivity contribution >= 4 is 22.0 Å². The summed E-state index contributed by atoms with van der Waals surface area (Å²) in [6.45, 7) is 1.66. The van der Waals surface area contributed by atoms with Crippen LogP contribution < -0.4 is 0 Å². The molecule has 0 atom stereocenters. The molecule has 15 heavy (non-hydrogen) atoms. The second-order valence-electron chi connectivity index (χ2n) is 2.91. The summed E-state index contributed by atoms with van der Waals surface area (Å²) in [5.74, 6) is -0.475. The monoisotopic (exact) mass is 273 g/mol. The molecule has 0 amide bonds. The maximum Gasteiger partial charge on any atom is 0.246 e. The largest absolute Gasteiger partial charge is 0.259 e. The highest BCUT2D eigenvalue weighted by Gasteiger charge is 2.09. The van der Waals surface area contributed by atoms with Crippen molar-refractivity contribution in [2.45, 2.75) is 13.3 Å². The maximum absolute atomic E-state index is 13.3. The molecular formula is C10H9BrFNO2. The minimum Gasteiger partial charge on any atom is -0.259 e. The van der Waals surface area contributed by atoms with Gasteiger partial charge in [0.1, 0.15) is 5.82 Å². The van der Waals surface area contributed by atoms with E-state index in [-0.39, 0.29) is 17.7 Å². The first-order chi connectivity index (χ1) is 7.04. The van der Waals surface area contributed by atoms with Crippen LogP contribution in [0.5, 0.6) is 0 Å². The first-order valence-electron chi connectivity index (χ1n) is 4.34. The predicted octanol–water partition coefficient (Wildman–Crippen LogP) is 3.62. The van der Waals surface area contributed by atoms with Gasteiger partial charge in [0.05, 0.1) is 4.92 Å². The Balaban J connectivity index is 3.12. The Hall–Kier alpha value is -1.23. The minimum atomic E-state index is -0.499. The van der Waals surface area contributed by atoms with Gasteiger partial charge in [-0.25, -0.2) is 4.39 Å². The first-order valence-corrected chi connectivity index (χ1v) is 5.14. The second kappa shape index (κ2) is 5.02. The molecule has 0 aliphatic heterocycles. The molecule has 1 rings (SSSR count). The maximum atomic E-state index is 13.3. The second-order valence-corrected chi connectivity index (χ2v) is 3.83. The molecule has 0 spiro atoms. The lowest BCUT2D eigenvalue weighted by Gasteiger charge is -1.98. The standard InChI is InChI=1S/C10H9BrFNO2/c1-2-9(13(14)15)5-7-3-4-8(11)6-10(7)12/h3-6H,2H2,1H3. The van der Waals surface area contributed by atoms with Gasteiger partial charge in [-0.3, -0.25) is 10.1 Å². The van der Waals surface area contributed by atoms with Crippen LogP contribution in [0.1, 0.15) is 18.9 Å². The van der Waals surface area contributed by atoms with Gasteiger partial charge >= 0.3 is 0 Å². The normalized spacial score (nSPS) is 11.5. The summed E-state index contributed by atoms with van der Waals surface area (Å²) in [6.07, 6.45) is 1.52. The first kappa shape index (κ1) is 11.8. The zero-order valence-corrected chi connectivity index (χ0v) is 9.62. The molecule has 1 aromatic rings. The van der Waals surface area contributed by atoms with E-state index in [4.69, 9.17) is 0 Å². The molecule has 1 aromatic carbocycles. The van der Waals surface area contributed by atoms with E-state index in [1.54, 1.807) is 13.0 Å². The van der Waals surface area contributed by atoms with Gasteiger partial charge in [-0.15, -0.1) is 0 Å². The molecule has 0 fully saturated rings. The number of nitrogens with zero attached hydrogens (tertiary/aromatic N) is 1. The van der Waals surface area contributed by atoms with E-state index in [1.165, 1.54) is 18.2 Å². The highest BCUT2D eigenvalue weighted by atomic mass is 79.9. The molecule has 0 unspecified atom stereocenters. The van der Waals surface area contributed by atoms with E-state index in [1.807, 2.05) is 0 Å². The summed E-state index contributed by atoms with van der Waals surface area (Å²) in [5, 5.41) is 10.5. The highest BCUT2D eigenvalue weighted by molar-refractivity contribution is 9.10. The van der Waals surface area contributed by atoms with Gasteiger partial charge < -0.3 is 0 Å². The van der Waals surface area contributed by atoms with E-state index >= 15 is 0 Å². The van der Waals surface area contributed by atoms with Crippen molar-refractivity contribution < 1.29 is 9.31 Å². The van der Waals surface area contributed by atoms with Crippen molar-refractivity contribution in [3.63, 3.8) is 0 Å². The summed E-state index contributed by atoms with van der Waals surface area (Å²) >= 11 is 3.11. The third kappa shape index (κ3) is 3.13. The van der Waals surface area contributed by atoms with Crippen LogP contribution in [0.15, 0.2) is 28.4 Å². The SMILES string of the molecule is CCC(=Cc1ccc(Br)cc1F)[N+](=O)[O-]. The Morgan fingerprint density at radius 1 is 1.67 bits per heavy atom. The highest BCUT2D eigenvalue weighted by Crippen LogP contribution is 2.18. The fourth-order valence-electron chi connectivity index (χ4n) is 1.08. The van der Waals surface area contributed by atoms with Crippen molar-refractivity contribution in [1.29, 1.82) is 0 Å². The molecule has 0 saturated carbocycles. The molecule has 3 nitrogen and oxygen atoms in total. The molecule has 0 aliphatic rings. The lowest BCUT2D eigenvalue weighted by Crippen LogP contribution is -1.97. The topological polar surface area (TPSA) is 43.1 Å². The van der Waals surface area contributed by atoms with Crippen molar-refractivity contribution in [2.75, 3.05) is 0 Å². The lowest BCUT2D eigenvalue weighted by atomic mass is 10.1. The molecule has 0 radical (unpaired) electrons. The van der Waals surface area contributed by atoms with Crippen molar-refractivity contribution in [2.24, 2.45) is 0 Å². The molecule has 0 saturated heterocycles. The van der Waals surface area contributed by atoms with Gasteiger partial charge in [-0.1, -0.05) is 28.9 Å². The van der Waals surface area contributed by atoms with Gasteiger partial charge in [-0.2, -0.15) is 0 Å². The smallest absolute Gasteiger partial charge is 0.246 e. The van der Waals surface area contributed by atoms with Crippen LogP contribution in [-0.4, -0.2) is 4.92 Å². The number of rotatable bonds is 3. The lowest BCUT2D eigenvalue weighted by molar-refractivity contribution is -0.425. The van der Waals surface area contributed by atoms with Gasteiger partial charge in [0, 0.05) is 22.5 Å². The van der Waals surface area contributed by atoms with Gasteiger partial charge in [0.15, 0.2) is 0 Å². The van der Waals surface area contributed by atoms with E-state index in [9.17, 15) is 14.5 Å². The minimum absolute atomic E-state index is 0.00350. The quantitative estimate of drug-likeness (QED) is 0.624. The number of allylic oxidation sites excluding steroid dienone is 1. The number of nitro groups is 1. The molecule has 0 bridgehead atoms. The number of hydrogen-bond acceptors (Lipinski definition) is 2. The Morgan fingerprint density at radius 2 is 2.33 bits per heavy atom. The average Bonchev–Trinajstić information content (AvgIpc) is 2.16. The summed E-state index contributed by atoms with van der Waals surface area (Å²) < 4.78 is 13.9. The number of halogens is 2. The van der Waals surface area contributed by atoms with E-state index in [0.29, 0.717) is 4.47 Å². The molecule has 0 aromatic heterocycles. The number of hydrogen-bond donors (Lipinski definition) is 0. The molecule has 0 heterocycles. The molecule has 5 heteroatoms. The van der Waals surface area contributed by atoms with Crippen LogP contribution in [-0.2, 0) is 0 Å². The fraction of sp³-hybridized carbons (Fsp3) is 0.200. The Kier molecular flexibility index (Phi) is 3.96. The van der Waals surface area contributed by atoms with Crippen molar-refractivity contribution in [3.05, 3.63) is 49.9 Å². The Labute approximate surface area is 94.9 Å². The van der Waals surface area contributed by atoms with E-state index in [2.05, 4.69) is 15.9 Å². The summed E-state index contributed by atoms with van der Waals surface area (Å²) in [4.78, 5) is 10.0. The van der Waals surface area contributed by atoms with Crippen LogP contribution >= 0.6 is 15.9 Å². The predicted molar refractivity (Wildman–Crippen MR) is 59.4 cm³/mol. The average molecular weight is 274 g/mol. The van der Waals surface area contributed by atoms with Crippen LogP contribution in [0.3, 0.4) is 0 Å². The third-order valence-corrected chi connectivity index (χ3v) is 2.37. The van der Waals surface area contributed by atoms with E-state index < -0.39 is 10.7 Å². The van der Waals surface area contributed by atoms with Crippen LogP contribution in [0.2, 0.25) is 0 Å². The zero-order valence-electron chi connectivity index (χ0n) is 8.04. The van der Waals surface area contributed by atoms with Gasteiger partial charge in [0.25, 0.3) is 0 Å². The van der Waals surface area contributed by atoms with E-state index in [0.717, 1.165) is 0 Å². The zero-order chi connectivity index (χ0) is 11.4. The molecule has 80 valence electrons. The molecule has 0 aliphatic carbocycles.